The molecule has 3 aromatic rings. The van der Waals surface area contributed by atoms with Crippen LogP contribution in [-0.4, -0.2) is 16.6 Å². The van der Waals surface area contributed by atoms with Crippen LogP contribution in [0.2, 0.25) is 0 Å². The second-order valence-corrected chi connectivity index (χ2v) is 6.06. The lowest BCUT2D eigenvalue weighted by atomic mass is 10.1. The molecule has 0 N–H and O–H groups in total. The highest BCUT2D eigenvalue weighted by atomic mass is 32.1. The smallest absolute Gasteiger partial charge is 0.312 e. The minimum atomic E-state index is -0.829. The van der Waals surface area contributed by atoms with Crippen LogP contribution in [0.25, 0.3) is 0 Å². The highest BCUT2D eigenvalue weighted by molar-refractivity contribution is 7.12. The minimum Gasteiger partial charge on any atom is -0.312 e. The van der Waals surface area contributed by atoms with Gasteiger partial charge in [0.2, 0.25) is 0 Å². The van der Waals surface area contributed by atoms with Gasteiger partial charge in [-0.25, -0.2) is 9.18 Å². The molecule has 0 saturated carbocycles. The van der Waals surface area contributed by atoms with E-state index in [2.05, 4.69) is 5.16 Å². The fourth-order valence-electron chi connectivity index (χ4n) is 2.15. The summed E-state index contributed by atoms with van der Waals surface area (Å²) in [5.74, 6) is -1.22. The molecule has 26 heavy (non-hydrogen) atoms. The molecule has 8 heteroatoms. The van der Waals surface area contributed by atoms with Gasteiger partial charge in [0, 0.05) is 17.7 Å². The molecule has 0 aliphatic heterocycles. The Balaban J connectivity index is 1.89. The Kier molecular flexibility index (Phi) is 5.14. The molecule has 0 saturated heterocycles. The van der Waals surface area contributed by atoms with E-state index in [4.69, 9.17) is 4.84 Å². The predicted molar refractivity (Wildman–Crippen MR) is 94.9 cm³/mol. The zero-order valence-electron chi connectivity index (χ0n) is 13.2. The Bertz CT molecular complexity index is 969. The Morgan fingerprint density at radius 3 is 2.50 bits per heavy atom. The number of thiophene rings is 1. The standard InChI is InChI=1S/C18H11FN2O4S/c19-14-8-6-12(7-9-14)17(16-5-2-10-26-16)20-25-18(22)13-3-1-4-15(11-13)21(23)24/h1-11H/b20-17-. The highest BCUT2D eigenvalue weighted by Gasteiger charge is 2.15. The first kappa shape index (κ1) is 17.4. The number of nitro benzene ring substituents is 1. The summed E-state index contributed by atoms with van der Waals surface area (Å²) in [5.41, 5.74) is 0.715. The number of nitrogens with zero attached hydrogens (tertiary/aromatic N) is 2. The molecule has 6 nitrogen and oxygen atoms in total. The summed E-state index contributed by atoms with van der Waals surface area (Å²) in [7, 11) is 0. The largest absolute Gasteiger partial charge is 0.366 e. The van der Waals surface area contributed by atoms with Gasteiger partial charge in [0.1, 0.15) is 11.5 Å². The summed E-state index contributed by atoms with van der Waals surface area (Å²) in [6.45, 7) is 0. The average Bonchev–Trinajstić information content (AvgIpc) is 3.17. The zero-order valence-corrected chi connectivity index (χ0v) is 14.0. The molecule has 0 spiro atoms. The van der Waals surface area contributed by atoms with Gasteiger partial charge >= 0.3 is 5.97 Å². The molecule has 0 radical (unpaired) electrons. The van der Waals surface area contributed by atoms with Gasteiger partial charge in [0.05, 0.1) is 15.4 Å². The SMILES string of the molecule is O=C(O/N=C(/c1ccc(F)cc1)c1cccs1)c1cccc([N+](=O)[O-])c1. The number of nitro groups is 1. The van der Waals surface area contributed by atoms with Crippen molar-refractivity contribution < 1.29 is 18.9 Å². The van der Waals surface area contributed by atoms with E-state index in [1.807, 2.05) is 5.38 Å². The van der Waals surface area contributed by atoms with E-state index in [-0.39, 0.29) is 11.3 Å². The molecule has 0 amide bonds. The Morgan fingerprint density at radius 2 is 1.85 bits per heavy atom. The van der Waals surface area contributed by atoms with Crippen LogP contribution in [0.15, 0.2) is 71.2 Å². The van der Waals surface area contributed by atoms with E-state index < -0.39 is 16.7 Å². The third-order valence-electron chi connectivity index (χ3n) is 3.38. The van der Waals surface area contributed by atoms with Gasteiger partial charge in [-0.1, -0.05) is 17.3 Å². The Morgan fingerprint density at radius 1 is 1.08 bits per heavy atom. The van der Waals surface area contributed by atoms with Crippen LogP contribution in [-0.2, 0) is 4.84 Å². The van der Waals surface area contributed by atoms with Crippen molar-refractivity contribution in [3.63, 3.8) is 0 Å². The first-order chi connectivity index (χ1) is 12.5. The monoisotopic (exact) mass is 370 g/mol. The quantitative estimate of drug-likeness (QED) is 0.288. The van der Waals surface area contributed by atoms with Crippen molar-refractivity contribution >= 4 is 28.7 Å². The second kappa shape index (κ2) is 7.66. The zero-order chi connectivity index (χ0) is 18.5. The van der Waals surface area contributed by atoms with E-state index >= 15 is 0 Å². The third-order valence-corrected chi connectivity index (χ3v) is 4.26. The number of oxime groups is 1. The molecule has 0 atom stereocenters. The predicted octanol–water partition coefficient (Wildman–Crippen LogP) is 4.40. The van der Waals surface area contributed by atoms with Gasteiger partial charge in [-0.2, -0.15) is 0 Å². The summed E-state index contributed by atoms with van der Waals surface area (Å²) in [4.78, 5) is 28.1. The first-order valence-corrected chi connectivity index (χ1v) is 8.26. The van der Waals surface area contributed by atoms with Gasteiger partial charge in [0.15, 0.2) is 0 Å². The molecule has 0 fully saturated rings. The molecule has 130 valence electrons. The first-order valence-electron chi connectivity index (χ1n) is 7.38. The summed E-state index contributed by atoms with van der Waals surface area (Å²) in [6.07, 6.45) is 0. The molecule has 0 aliphatic carbocycles. The van der Waals surface area contributed by atoms with Crippen LogP contribution >= 0.6 is 11.3 Å². The lowest BCUT2D eigenvalue weighted by Crippen LogP contribution is -2.07. The van der Waals surface area contributed by atoms with E-state index in [0.29, 0.717) is 11.3 Å². The van der Waals surface area contributed by atoms with Gasteiger partial charge in [-0.05, 0) is 41.8 Å². The van der Waals surface area contributed by atoms with Gasteiger partial charge in [-0.3, -0.25) is 10.1 Å². The van der Waals surface area contributed by atoms with Crippen LogP contribution in [0.4, 0.5) is 10.1 Å². The number of hydrogen-bond donors (Lipinski definition) is 0. The Hall–Kier alpha value is -3.39. The van der Waals surface area contributed by atoms with Crippen LogP contribution in [0, 0.1) is 15.9 Å². The summed E-state index contributed by atoms with van der Waals surface area (Å²) >= 11 is 1.38. The lowest BCUT2D eigenvalue weighted by Gasteiger charge is -2.05. The molecular weight excluding hydrogens is 359 g/mol. The number of hydrogen-bond acceptors (Lipinski definition) is 6. The molecule has 1 aromatic heterocycles. The fourth-order valence-corrected chi connectivity index (χ4v) is 2.87. The number of carbonyl (C=O) groups excluding carboxylic acids is 1. The Labute approximate surface area is 151 Å². The molecule has 0 aliphatic rings. The summed E-state index contributed by atoms with van der Waals surface area (Å²) in [5, 5.41) is 16.5. The summed E-state index contributed by atoms with van der Waals surface area (Å²) in [6, 6.07) is 14.4. The molecule has 0 unspecified atom stereocenters. The number of non-ortho nitro benzene ring substituents is 1. The van der Waals surface area contributed by atoms with E-state index in [1.165, 1.54) is 53.8 Å². The topological polar surface area (TPSA) is 81.8 Å². The highest BCUT2D eigenvalue weighted by Crippen LogP contribution is 2.18. The maximum atomic E-state index is 13.2. The van der Waals surface area contributed by atoms with Crippen molar-refractivity contribution in [3.05, 3.63) is 98.0 Å². The maximum Gasteiger partial charge on any atom is 0.366 e. The van der Waals surface area contributed by atoms with E-state index in [9.17, 15) is 19.3 Å². The molecule has 1 heterocycles. The third kappa shape index (κ3) is 3.98. The van der Waals surface area contributed by atoms with Gasteiger partial charge < -0.3 is 4.84 Å². The summed E-state index contributed by atoms with van der Waals surface area (Å²) < 4.78 is 13.2. The van der Waals surface area contributed by atoms with Crippen LogP contribution in [0.1, 0.15) is 20.8 Å². The molecule has 0 bridgehead atoms. The van der Waals surface area contributed by atoms with Crippen molar-refractivity contribution in [3.8, 4) is 0 Å². The number of benzene rings is 2. The fraction of sp³-hybridized carbons (Fsp3) is 0. The molecule has 3 rings (SSSR count). The number of rotatable bonds is 5. The van der Waals surface area contributed by atoms with Crippen molar-refractivity contribution in [2.45, 2.75) is 0 Å². The van der Waals surface area contributed by atoms with Crippen molar-refractivity contribution in [2.24, 2.45) is 5.16 Å². The van der Waals surface area contributed by atoms with Crippen molar-refractivity contribution in [2.75, 3.05) is 0 Å². The minimum absolute atomic E-state index is 0.00702. The second-order valence-electron chi connectivity index (χ2n) is 5.11. The van der Waals surface area contributed by atoms with Crippen LogP contribution in [0.3, 0.4) is 0 Å². The van der Waals surface area contributed by atoms with Crippen molar-refractivity contribution in [1.29, 1.82) is 0 Å². The molecule has 2 aromatic carbocycles. The van der Waals surface area contributed by atoms with E-state index in [0.717, 1.165) is 10.9 Å². The normalized spacial score (nSPS) is 11.2. The number of halogens is 1. The number of carbonyl (C=O) groups is 1. The lowest BCUT2D eigenvalue weighted by molar-refractivity contribution is -0.384. The van der Waals surface area contributed by atoms with Gasteiger partial charge in [0.25, 0.3) is 5.69 Å². The van der Waals surface area contributed by atoms with Crippen LogP contribution in [0.5, 0.6) is 0 Å². The van der Waals surface area contributed by atoms with Crippen molar-refractivity contribution in [1.82, 2.24) is 0 Å². The van der Waals surface area contributed by atoms with Gasteiger partial charge in [-0.15, -0.1) is 11.3 Å². The maximum absolute atomic E-state index is 13.2. The van der Waals surface area contributed by atoms with E-state index in [1.54, 1.807) is 12.1 Å². The van der Waals surface area contributed by atoms with Crippen LogP contribution < -0.4 is 0 Å². The molecular formula is C18H11FN2O4S. The average molecular weight is 370 g/mol.